The maximum Gasteiger partial charge on any atom is 0.414 e. The first-order chi connectivity index (χ1) is 9.42. The van der Waals surface area contributed by atoms with E-state index in [1.807, 2.05) is 45.1 Å². The molecular weight excluding hydrogens is 250 g/mol. The number of carbonyl (C=O) groups excluding carboxylic acids is 1. The van der Waals surface area contributed by atoms with Gasteiger partial charge >= 0.3 is 6.09 Å². The minimum absolute atomic E-state index is 0.353. The molecule has 0 bridgehead atoms. The van der Waals surface area contributed by atoms with Crippen LogP contribution in [0.25, 0.3) is 0 Å². The second-order valence-corrected chi connectivity index (χ2v) is 5.53. The van der Waals surface area contributed by atoms with Crippen LogP contribution in [0.4, 0.5) is 4.79 Å². The predicted molar refractivity (Wildman–Crippen MR) is 83.3 cm³/mol. The van der Waals surface area contributed by atoms with Gasteiger partial charge in [-0.25, -0.2) is 4.79 Å². The smallest absolute Gasteiger partial charge is 0.414 e. The first-order valence-electron chi connectivity index (χ1n) is 6.72. The second-order valence-electron chi connectivity index (χ2n) is 5.53. The summed E-state index contributed by atoms with van der Waals surface area (Å²) in [4.78, 5) is 13.7. The van der Waals surface area contributed by atoms with Crippen LogP contribution >= 0.6 is 0 Å². The van der Waals surface area contributed by atoms with E-state index in [-0.39, 0.29) is 6.09 Å². The maximum absolute atomic E-state index is 12.2. The standard InChI is InChI=1S/C17H23NO2/c1-5-6-13-18(16(19)20-17(2,3)4)14-15-11-9-7-8-10-12-15/h5-11,13H,1,12,14H2,2-4H3/b13-6+. The normalized spacial score (nSPS) is 14.8. The molecule has 0 fully saturated rings. The molecule has 0 saturated heterocycles. The highest BCUT2D eigenvalue weighted by Crippen LogP contribution is 2.14. The Morgan fingerprint density at radius 3 is 2.80 bits per heavy atom. The van der Waals surface area contributed by atoms with E-state index >= 15 is 0 Å². The van der Waals surface area contributed by atoms with E-state index in [9.17, 15) is 4.79 Å². The summed E-state index contributed by atoms with van der Waals surface area (Å²) in [7, 11) is 0. The van der Waals surface area contributed by atoms with Gasteiger partial charge in [0, 0.05) is 6.20 Å². The molecule has 1 aliphatic rings. The van der Waals surface area contributed by atoms with Crippen LogP contribution in [0.2, 0.25) is 0 Å². The zero-order valence-electron chi connectivity index (χ0n) is 12.5. The van der Waals surface area contributed by atoms with Gasteiger partial charge in [-0.3, -0.25) is 4.90 Å². The van der Waals surface area contributed by atoms with Crippen molar-refractivity contribution in [3.8, 4) is 0 Å². The SMILES string of the molecule is C=C/C=C/N(CC1=CC=CC=CC1)C(=O)OC(C)(C)C. The van der Waals surface area contributed by atoms with Crippen LogP contribution in [0.1, 0.15) is 27.2 Å². The number of hydrogen-bond donors (Lipinski definition) is 0. The van der Waals surface area contributed by atoms with Crippen molar-refractivity contribution in [2.24, 2.45) is 0 Å². The van der Waals surface area contributed by atoms with Crippen molar-refractivity contribution in [3.63, 3.8) is 0 Å². The molecule has 0 saturated carbocycles. The summed E-state index contributed by atoms with van der Waals surface area (Å²) in [6.07, 6.45) is 15.6. The Hall–Kier alpha value is -2.03. The van der Waals surface area contributed by atoms with Gasteiger partial charge in [0.25, 0.3) is 0 Å². The molecule has 0 aromatic heterocycles. The Bertz CT molecular complexity index is 462. The average molecular weight is 273 g/mol. The van der Waals surface area contributed by atoms with Crippen molar-refractivity contribution < 1.29 is 9.53 Å². The number of amides is 1. The topological polar surface area (TPSA) is 29.5 Å². The third-order valence-electron chi connectivity index (χ3n) is 2.47. The zero-order valence-corrected chi connectivity index (χ0v) is 12.5. The Morgan fingerprint density at radius 1 is 1.40 bits per heavy atom. The maximum atomic E-state index is 12.2. The number of nitrogens with zero attached hydrogens (tertiary/aromatic N) is 1. The molecule has 0 spiro atoms. The molecule has 0 aromatic rings. The van der Waals surface area contributed by atoms with Gasteiger partial charge in [-0.2, -0.15) is 0 Å². The molecule has 0 N–H and O–H groups in total. The quantitative estimate of drug-likeness (QED) is 0.712. The minimum Gasteiger partial charge on any atom is -0.443 e. The van der Waals surface area contributed by atoms with Crippen LogP contribution in [0.5, 0.6) is 0 Å². The van der Waals surface area contributed by atoms with Crippen molar-refractivity contribution in [3.05, 3.63) is 60.9 Å². The molecule has 0 atom stereocenters. The summed E-state index contributed by atoms with van der Waals surface area (Å²) >= 11 is 0. The van der Waals surface area contributed by atoms with Gasteiger partial charge in [0.2, 0.25) is 0 Å². The van der Waals surface area contributed by atoms with Gasteiger partial charge in [-0.1, -0.05) is 43.0 Å². The molecule has 0 aliphatic heterocycles. The molecule has 1 aliphatic carbocycles. The van der Waals surface area contributed by atoms with Gasteiger partial charge in [0.05, 0.1) is 6.54 Å². The minimum atomic E-state index is -0.505. The largest absolute Gasteiger partial charge is 0.443 e. The Kier molecular flexibility index (Phi) is 6.04. The molecule has 3 nitrogen and oxygen atoms in total. The van der Waals surface area contributed by atoms with Crippen LogP contribution < -0.4 is 0 Å². The molecule has 0 unspecified atom stereocenters. The van der Waals surface area contributed by atoms with Gasteiger partial charge < -0.3 is 4.74 Å². The molecular formula is C17H23NO2. The fraction of sp³-hybridized carbons (Fsp3) is 0.353. The lowest BCUT2D eigenvalue weighted by atomic mass is 10.1. The number of rotatable bonds is 4. The van der Waals surface area contributed by atoms with Gasteiger partial charge in [0.1, 0.15) is 5.60 Å². The molecule has 1 amide bonds. The van der Waals surface area contributed by atoms with Crippen LogP contribution in [0.15, 0.2) is 60.9 Å². The Balaban J connectivity index is 2.78. The summed E-state index contributed by atoms with van der Waals surface area (Å²) in [5, 5.41) is 0. The molecule has 20 heavy (non-hydrogen) atoms. The Labute approximate surface area is 121 Å². The van der Waals surface area contributed by atoms with E-state index in [1.54, 1.807) is 23.3 Å². The van der Waals surface area contributed by atoms with Crippen molar-refractivity contribution >= 4 is 6.09 Å². The second kappa shape index (κ2) is 7.53. The van der Waals surface area contributed by atoms with Crippen LogP contribution in [0, 0.1) is 0 Å². The number of hydrogen-bond acceptors (Lipinski definition) is 2. The summed E-state index contributed by atoms with van der Waals surface area (Å²) < 4.78 is 5.41. The van der Waals surface area contributed by atoms with Crippen LogP contribution in [-0.4, -0.2) is 23.1 Å². The molecule has 0 heterocycles. The first kappa shape index (κ1) is 16.0. The molecule has 108 valence electrons. The van der Waals surface area contributed by atoms with E-state index in [2.05, 4.69) is 12.7 Å². The van der Waals surface area contributed by atoms with E-state index < -0.39 is 5.60 Å². The van der Waals surface area contributed by atoms with E-state index in [0.717, 1.165) is 12.0 Å². The van der Waals surface area contributed by atoms with Crippen molar-refractivity contribution in [1.82, 2.24) is 4.90 Å². The number of allylic oxidation sites excluding steroid dienone is 7. The lowest BCUT2D eigenvalue weighted by Gasteiger charge is -2.25. The molecule has 3 heteroatoms. The predicted octanol–water partition coefficient (Wildman–Crippen LogP) is 4.37. The monoisotopic (exact) mass is 273 g/mol. The summed E-state index contributed by atoms with van der Waals surface area (Å²) in [6.45, 7) is 9.71. The summed E-state index contributed by atoms with van der Waals surface area (Å²) in [5.41, 5.74) is 0.643. The van der Waals surface area contributed by atoms with Crippen LogP contribution in [-0.2, 0) is 4.74 Å². The van der Waals surface area contributed by atoms with Crippen LogP contribution in [0.3, 0.4) is 0 Å². The fourth-order valence-electron chi connectivity index (χ4n) is 1.62. The number of ether oxygens (including phenoxy) is 1. The fourth-order valence-corrected chi connectivity index (χ4v) is 1.62. The third kappa shape index (κ3) is 6.23. The molecule has 1 rings (SSSR count). The summed E-state index contributed by atoms with van der Waals surface area (Å²) in [6, 6.07) is 0. The highest BCUT2D eigenvalue weighted by atomic mass is 16.6. The Morgan fingerprint density at radius 2 is 2.15 bits per heavy atom. The van der Waals surface area contributed by atoms with Crippen molar-refractivity contribution in [2.45, 2.75) is 32.8 Å². The first-order valence-corrected chi connectivity index (χ1v) is 6.72. The van der Waals surface area contributed by atoms with Gasteiger partial charge in [-0.15, -0.1) is 0 Å². The lowest BCUT2D eigenvalue weighted by molar-refractivity contribution is 0.0347. The average Bonchev–Trinajstić information content (AvgIpc) is 2.60. The van der Waals surface area contributed by atoms with E-state index in [4.69, 9.17) is 4.74 Å². The summed E-state index contributed by atoms with van der Waals surface area (Å²) in [5.74, 6) is 0. The molecule has 0 aromatic carbocycles. The van der Waals surface area contributed by atoms with Crippen molar-refractivity contribution in [1.29, 1.82) is 0 Å². The highest BCUT2D eigenvalue weighted by molar-refractivity contribution is 5.70. The third-order valence-corrected chi connectivity index (χ3v) is 2.47. The van der Waals surface area contributed by atoms with Crippen molar-refractivity contribution in [2.75, 3.05) is 6.54 Å². The molecule has 0 radical (unpaired) electrons. The number of carbonyl (C=O) groups is 1. The van der Waals surface area contributed by atoms with E-state index in [0.29, 0.717) is 6.54 Å². The lowest BCUT2D eigenvalue weighted by Crippen LogP contribution is -2.34. The van der Waals surface area contributed by atoms with E-state index in [1.165, 1.54) is 0 Å². The zero-order chi connectivity index (χ0) is 15.0. The highest BCUT2D eigenvalue weighted by Gasteiger charge is 2.21. The van der Waals surface area contributed by atoms with Gasteiger partial charge in [-0.05, 0) is 38.8 Å². The van der Waals surface area contributed by atoms with Gasteiger partial charge in [0.15, 0.2) is 0 Å².